The average Bonchev–Trinajstić information content (AvgIpc) is 3.28. The van der Waals surface area contributed by atoms with Gasteiger partial charge < -0.3 is 14.6 Å². The molecule has 2 aliphatic heterocycles. The summed E-state index contributed by atoms with van der Waals surface area (Å²) in [4.78, 5) is 0. The summed E-state index contributed by atoms with van der Waals surface area (Å²) >= 11 is 0. The number of hydrogen-bond acceptors (Lipinski definition) is 3. The van der Waals surface area contributed by atoms with Crippen LogP contribution in [0.25, 0.3) is 0 Å². The van der Waals surface area contributed by atoms with E-state index in [0.29, 0.717) is 24.7 Å². The molecule has 0 radical (unpaired) electrons. The Kier molecular flexibility index (Phi) is 2.10. The lowest BCUT2D eigenvalue weighted by Crippen LogP contribution is -2.06. The molecule has 2 heterocycles. The minimum atomic E-state index is -0.461. The summed E-state index contributed by atoms with van der Waals surface area (Å²) in [5.41, 5.74) is 2.31. The molecule has 3 heteroatoms. The Morgan fingerprint density at radius 2 is 1.94 bits per heavy atom. The highest BCUT2D eigenvalue weighted by atomic mass is 16.6. The predicted octanol–water partition coefficient (Wildman–Crippen LogP) is 1.76. The molecule has 1 aromatic carbocycles. The first-order chi connectivity index (χ1) is 8.33. The van der Waals surface area contributed by atoms with Crippen molar-refractivity contribution in [2.24, 2.45) is 0 Å². The van der Waals surface area contributed by atoms with Gasteiger partial charge in [0.1, 0.15) is 12.2 Å². The molecule has 5 unspecified atom stereocenters. The van der Waals surface area contributed by atoms with Crippen LogP contribution in [0.5, 0.6) is 0 Å². The molecule has 0 aromatic heterocycles. The molecule has 1 aliphatic carbocycles. The summed E-state index contributed by atoms with van der Waals surface area (Å²) in [6.07, 6.45) is 3.00. The maximum Gasteiger partial charge on any atom is 0.111 e. The second-order valence-corrected chi connectivity index (χ2v) is 5.31. The molecule has 1 aromatic rings. The van der Waals surface area contributed by atoms with Crippen molar-refractivity contribution in [2.75, 3.05) is 6.61 Å². The fraction of sp³-hybridized carbons (Fsp3) is 0.571. The highest BCUT2D eigenvalue weighted by Crippen LogP contribution is 2.48. The Morgan fingerprint density at radius 3 is 2.47 bits per heavy atom. The zero-order valence-corrected chi connectivity index (χ0v) is 9.58. The first kappa shape index (κ1) is 10.1. The summed E-state index contributed by atoms with van der Waals surface area (Å²) in [6.45, 7) is 0.684. The Bertz CT molecular complexity index is 424. The Hall–Kier alpha value is -0.900. The Labute approximate surface area is 100 Å². The van der Waals surface area contributed by atoms with E-state index in [-0.39, 0.29) is 6.10 Å². The van der Waals surface area contributed by atoms with Crippen molar-refractivity contribution < 1.29 is 14.6 Å². The van der Waals surface area contributed by atoms with Crippen molar-refractivity contribution in [2.45, 2.75) is 43.2 Å². The fourth-order valence-corrected chi connectivity index (χ4v) is 3.00. The summed E-state index contributed by atoms with van der Waals surface area (Å²) in [5.74, 6) is 0.573. The van der Waals surface area contributed by atoms with Crippen molar-refractivity contribution in [3.05, 3.63) is 35.4 Å². The van der Waals surface area contributed by atoms with Crippen LogP contribution in [0.3, 0.4) is 0 Å². The van der Waals surface area contributed by atoms with E-state index >= 15 is 0 Å². The molecule has 0 bridgehead atoms. The highest BCUT2D eigenvalue weighted by molar-refractivity contribution is 5.30. The number of rotatable bonds is 3. The van der Waals surface area contributed by atoms with Crippen LogP contribution in [0, 0.1) is 0 Å². The molecule has 3 nitrogen and oxygen atoms in total. The zero-order valence-electron chi connectivity index (χ0n) is 9.58. The van der Waals surface area contributed by atoms with E-state index in [1.54, 1.807) is 0 Å². The fourth-order valence-electron chi connectivity index (χ4n) is 3.00. The minimum Gasteiger partial charge on any atom is -0.386 e. The van der Waals surface area contributed by atoms with Crippen molar-refractivity contribution in [3.8, 4) is 0 Å². The lowest BCUT2D eigenvalue weighted by molar-refractivity contribution is 0.137. The first-order valence-corrected chi connectivity index (χ1v) is 6.38. The number of epoxide rings is 2. The number of ether oxygens (including phenoxy) is 2. The third-order valence-electron chi connectivity index (χ3n) is 4.20. The second-order valence-electron chi connectivity index (χ2n) is 5.31. The highest BCUT2D eigenvalue weighted by Gasteiger charge is 2.50. The molecule has 1 N–H and O–H groups in total. The zero-order chi connectivity index (χ0) is 11.4. The van der Waals surface area contributed by atoms with Crippen molar-refractivity contribution >= 4 is 0 Å². The molecular weight excluding hydrogens is 216 g/mol. The van der Waals surface area contributed by atoms with E-state index in [2.05, 4.69) is 12.1 Å². The van der Waals surface area contributed by atoms with E-state index in [1.807, 2.05) is 12.1 Å². The van der Waals surface area contributed by atoms with Crippen molar-refractivity contribution in [1.82, 2.24) is 0 Å². The topological polar surface area (TPSA) is 45.3 Å². The van der Waals surface area contributed by atoms with Crippen LogP contribution in [0.15, 0.2) is 24.3 Å². The molecule has 4 rings (SSSR count). The summed E-state index contributed by atoms with van der Waals surface area (Å²) in [7, 11) is 0. The van der Waals surface area contributed by atoms with Gasteiger partial charge in [0.2, 0.25) is 0 Å². The normalized spacial score (nSPS) is 39.8. The van der Waals surface area contributed by atoms with Gasteiger partial charge in [0.15, 0.2) is 0 Å². The summed E-state index contributed by atoms with van der Waals surface area (Å²) in [6, 6.07) is 8.32. The summed E-state index contributed by atoms with van der Waals surface area (Å²) in [5, 5.41) is 9.93. The standard InChI is InChI=1S/C14H16O3/c15-13(12-7-16-12)9-3-1-8(2-4-9)10-5-6-11-14(10)17-11/h1-4,10-15H,5-7H2. The molecule has 3 fully saturated rings. The van der Waals surface area contributed by atoms with Crippen molar-refractivity contribution in [3.63, 3.8) is 0 Å². The van der Waals surface area contributed by atoms with Gasteiger partial charge in [-0.15, -0.1) is 0 Å². The number of benzene rings is 1. The summed E-state index contributed by atoms with van der Waals surface area (Å²) < 4.78 is 10.7. The number of aliphatic hydroxyl groups is 1. The van der Waals surface area contributed by atoms with E-state index in [0.717, 1.165) is 5.56 Å². The van der Waals surface area contributed by atoms with Gasteiger partial charge in [-0.3, -0.25) is 0 Å². The molecule has 90 valence electrons. The largest absolute Gasteiger partial charge is 0.386 e. The molecule has 0 spiro atoms. The van der Waals surface area contributed by atoms with Crippen LogP contribution in [0.4, 0.5) is 0 Å². The van der Waals surface area contributed by atoms with E-state index in [1.165, 1.54) is 18.4 Å². The molecular formula is C14H16O3. The number of fused-ring (bicyclic) bond motifs is 1. The van der Waals surface area contributed by atoms with Crippen LogP contribution in [-0.4, -0.2) is 30.0 Å². The maximum absolute atomic E-state index is 9.93. The number of hydrogen-bond donors (Lipinski definition) is 1. The maximum atomic E-state index is 9.93. The first-order valence-electron chi connectivity index (χ1n) is 6.38. The minimum absolute atomic E-state index is 0.0171. The Balaban J connectivity index is 1.53. The van der Waals surface area contributed by atoms with Gasteiger partial charge in [-0.25, -0.2) is 0 Å². The predicted molar refractivity (Wildman–Crippen MR) is 61.8 cm³/mol. The van der Waals surface area contributed by atoms with Gasteiger partial charge in [0.25, 0.3) is 0 Å². The van der Waals surface area contributed by atoms with Crippen LogP contribution < -0.4 is 0 Å². The van der Waals surface area contributed by atoms with Gasteiger partial charge in [0.05, 0.1) is 18.8 Å². The monoisotopic (exact) mass is 232 g/mol. The van der Waals surface area contributed by atoms with Crippen LogP contribution >= 0.6 is 0 Å². The molecule has 2 saturated heterocycles. The third-order valence-corrected chi connectivity index (χ3v) is 4.20. The van der Waals surface area contributed by atoms with Crippen LogP contribution in [0.1, 0.15) is 36.0 Å². The van der Waals surface area contributed by atoms with Gasteiger partial charge in [-0.1, -0.05) is 24.3 Å². The lowest BCUT2D eigenvalue weighted by Gasteiger charge is -2.13. The van der Waals surface area contributed by atoms with Crippen LogP contribution in [0.2, 0.25) is 0 Å². The smallest absolute Gasteiger partial charge is 0.111 e. The van der Waals surface area contributed by atoms with Gasteiger partial charge in [-0.05, 0) is 24.0 Å². The van der Waals surface area contributed by atoms with Crippen molar-refractivity contribution in [1.29, 1.82) is 0 Å². The van der Waals surface area contributed by atoms with E-state index in [4.69, 9.17) is 9.47 Å². The van der Waals surface area contributed by atoms with Gasteiger partial charge in [-0.2, -0.15) is 0 Å². The second kappa shape index (κ2) is 3.55. The Morgan fingerprint density at radius 1 is 1.18 bits per heavy atom. The quantitative estimate of drug-likeness (QED) is 0.808. The van der Waals surface area contributed by atoms with Crippen LogP contribution in [-0.2, 0) is 9.47 Å². The molecule has 3 aliphatic rings. The SMILES string of the molecule is OC(c1ccc(C2CCC3OC32)cc1)C1CO1. The van der Waals surface area contributed by atoms with Gasteiger partial charge in [0, 0.05) is 5.92 Å². The van der Waals surface area contributed by atoms with E-state index in [9.17, 15) is 5.11 Å². The van der Waals surface area contributed by atoms with E-state index < -0.39 is 6.10 Å². The van der Waals surface area contributed by atoms with Gasteiger partial charge >= 0.3 is 0 Å². The molecule has 5 atom stereocenters. The molecule has 0 amide bonds. The average molecular weight is 232 g/mol. The number of aliphatic hydroxyl groups excluding tert-OH is 1. The lowest BCUT2D eigenvalue weighted by atomic mass is 9.94. The third kappa shape index (κ3) is 1.69. The molecule has 17 heavy (non-hydrogen) atoms. The molecule has 1 saturated carbocycles.